The van der Waals surface area contributed by atoms with E-state index in [-0.39, 0.29) is 11.9 Å². The van der Waals surface area contributed by atoms with Crippen LogP contribution in [0.2, 0.25) is 0 Å². The van der Waals surface area contributed by atoms with E-state index in [1.54, 1.807) is 6.20 Å². The number of aromatic nitrogens is 1. The number of likely N-dealkylation sites (tertiary alicyclic amines) is 1. The second-order valence-corrected chi connectivity index (χ2v) is 4.85. The summed E-state index contributed by atoms with van der Waals surface area (Å²) in [7, 11) is 0. The molecule has 100 valence electrons. The van der Waals surface area contributed by atoms with E-state index >= 15 is 0 Å². The number of nitrogens with one attached hydrogen (secondary N) is 1. The maximum atomic E-state index is 12.1. The maximum Gasteiger partial charge on any atom is 0.270 e. The summed E-state index contributed by atoms with van der Waals surface area (Å²) in [6.45, 7) is 4.08. The summed E-state index contributed by atoms with van der Waals surface area (Å²) in [4.78, 5) is 18.3. The highest BCUT2D eigenvalue weighted by molar-refractivity contribution is 5.93. The van der Waals surface area contributed by atoms with Crippen LogP contribution in [0.3, 0.4) is 0 Å². The first-order valence-corrected chi connectivity index (χ1v) is 6.52. The molecule has 0 radical (unpaired) electrons. The van der Waals surface area contributed by atoms with Crippen molar-refractivity contribution in [1.82, 2.24) is 15.2 Å². The summed E-state index contributed by atoms with van der Waals surface area (Å²) in [6, 6.07) is 6.05. The molecule has 1 saturated heterocycles. The van der Waals surface area contributed by atoms with Crippen molar-refractivity contribution in [1.29, 1.82) is 5.26 Å². The summed E-state index contributed by atoms with van der Waals surface area (Å²) >= 11 is 0. The Morgan fingerprint density at radius 1 is 1.58 bits per heavy atom. The molecule has 5 heteroatoms. The molecular weight excluding hydrogens is 240 g/mol. The van der Waals surface area contributed by atoms with Crippen LogP contribution in [0.1, 0.15) is 28.9 Å². The van der Waals surface area contributed by atoms with Gasteiger partial charge in [0.2, 0.25) is 0 Å². The monoisotopic (exact) mass is 258 g/mol. The Labute approximate surface area is 113 Å². The van der Waals surface area contributed by atoms with E-state index in [0.717, 1.165) is 31.5 Å². The van der Waals surface area contributed by atoms with Gasteiger partial charge in [0.05, 0.1) is 12.6 Å². The summed E-state index contributed by atoms with van der Waals surface area (Å²) in [5.41, 5.74) is 1.39. The number of pyridine rings is 1. The lowest BCUT2D eigenvalue weighted by molar-refractivity contribution is 0.0908. The highest BCUT2D eigenvalue weighted by atomic mass is 16.1. The van der Waals surface area contributed by atoms with Crippen molar-refractivity contribution in [3.8, 4) is 6.07 Å². The number of hydrogen-bond donors (Lipinski definition) is 1. The Bertz CT molecular complexity index is 486. The van der Waals surface area contributed by atoms with Crippen LogP contribution in [0.15, 0.2) is 18.3 Å². The maximum absolute atomic E-state index is 12.1. The van der Waals surface area contributed by atoms with Crippen LogP contribution < -0.4 is 5.32 Å². The standard InChI is InChI=1S/C14H18N4O/c1-11-3-2-7-16-13(11)14(19)17-12-4-8-18(9-5-12)10-6-15/h2-3,7,12H,4-5,8-10H2,1H3,(H,17,19). The molecule has 0 unspecified atom stereocenters. The lowest BCUT2D eigenvalue weighted by atomic mass is 10.0. The molecule has 1 aromatic heterocycles. The van der Waals surface area contributed by atoms with E-state index in [9.17, 15) is 4.79 Å². The molecule has 1 fully saturated rings. The van der Waals surface area contributed by atoms with Gasteiger partial charge in [-0.2, -0.15) is 5.26 Å². The molecule has 0 atom stereocenters. The van der Waals surface area contributed by atoms with E-state index in [1.165, 1.54) is 0 Å². The third-order valence-corrected chi connectivity index (χ3v) is 3.44. The molecule has 2 rings (SSSR count). The van der Waals surface area contributed by atoms with Crippen molar-refractivity contribution >= 4 is 5.91 Å². The summed E-state index contributed by atoms with van der Waals surface area (Å²) < 4.78 is 0. The molecule has 0 aliphatic carbocycles. The van der Waals surface area contributed by atoms with Crippen molar-refractivity contribution in [2.45, 2.75) is 25.8 Å². The Hall–Kier alpha value is -1.93. The topological polar surface area (TPSA) is 69.0 Å². The number of carbonyl (C=O) groups is 1. The first-order chi connectivity index (χ1) is 9.20. The number of amides is 1. The Balaban J connectivity index is 1.88. The largest absolute Gasteiger partial charge is 0.348 e. The molecule has 1 amide bonds. The number of piperidine rings is 1. The number of nitriles is 1. The average Bonchev–Trinajstić information content (AvgIpc) is 2.42. The zero-order valence-electron chi connectivity index (χ0n) is 11.1. The fraction of sp³-hybridized carbons (Fsp3) is 0.500. The molecule has 1 aliphatic heterocycles. The van der Waals surface area contributed by atoms with Crippen molar-refractivity contribution in [2.75, 3.05) is 19.6 Å². The van der Waals surface area contributed by atoms with Gasteiger partial charge in [0.15, 0.2) is 0 Å². The number of rotatable bonds is 3. The van der Waals surface area contributed by atoms with Crippen LogP contribution in [0.5, 0.6) is 0 Å². The number of aryl methyl sites for hydroxylation is 1. The van der Waals surface area contributed by atoms with E-state index < -0.39 is 0 Å². The first kappa shape index (κ1) is 13.5. The zero-order valence-corrected chi connectivity index (χ0v) is 11.1. The molecule has 0 saturated carbocycles. The first-order valence-electron chi connectivity index (χ1n) is 6.52. The van der Waals surface area contributed by atoms with Gasteiger partial charge < -0.3 is 5.32 Å². The van der Waals surface area contributed by atoms with Gasteiger partial charge in [-0.25, -0.2) is 0 Å². The number of carbonyl (C=O) groups excluding carboxylic acids is 1. The Morgan fingerprint density at radius 3 is 2.95 bits per heavy atom. The molecule has 19 heavy (non-hydrogen) atoms. The van der Waals surface area contributed by atoms with Crippen molar-refractivity contribution in [3.63, 3.8) is 0 Å². The van der Waals surface area contributed by atoms with Gasteiger partial charge >= 0.3 is 0 Å². The van der Waals surface area contributed by atoms with Crippen LogP contribution in [0.4, 0.5) is 0 Å². The van der Waals surface area contributed by atoms with Gasteiger partial charge in [-0.1, -0.05) is 6.07 Å². The van der Waals surface area contributed by atoms with Crippen LogP contribution in [0.25, 0.3) is 0 Å². The molecule has 1 N–H and O–H groups in total. The SMILES string of the molecule is Cc1cccnc1C(=O)NC1CCN(CC#N)CC1. The molecule has 1 aromatic rings. The number of hydrogen-bond acceptors (Lipinski definition) is 4. The molecule has 2 heterocycles. The van der Waals surface area contributed by atoms with E-state index in [2.05, 4.69) is 21.3 Å². The molecule has 1 aliphatic rings. The average molecular weight is 258 g/mol. The lowest BCUT2D eigenvalue weighted by Gasteiger charge is -2.30. The van der Waals surface area contributed by atoms with E-state index in [1.807, 2.05) is 19.1 Å². The second-order valence-electron chi connectivity index (χ2n) is 4.85. The van der Waals surface area contributed by atoms with Gasteiger partial charge in [0.1, 0.15) is 5.69 Å². The lowest BCUT2D eigenvalue weighted by Crippen LogP contribution is -2.45. The third-order valence-electron chi connectivity index (χ3n) is 3.44. The van der Waals surface area contributed by atoms with Crippen LogP contribution in [-0.2, 0) is 0 Å². The molecule has 5 nitrogen and oxygen atoms in total. The van der Waals surface area contributed by atoms with E-state index in [4.69, 9.17) is 5.26 Å². The predicted octanol–water partition coefficient (Wildman–Crippen LogP) is 1.11. The minimum absolute atomic E-state index is 0.100. The molecule has 0 spiro atoms. The van der Waals surface area contributed by atoms with Crippen molar-refractivity contribution in [2.24, 2.45) is 0 Å². The molecule has 0 aromatic carbocycles. The zero-order chi connectivity index (χ0) is 13.7. The normalized spacial score (nSPS) is 16.8. The summed E-state index contributed by atoms with van der Waals surface area (Å²) in [5.74, 6) is -0.100. The highest BCUT2D eigenvalue weighted by Gasteiger charge is 2.21. The Kier molecular flexibility index (Phi) is 4.48. The fourth-order valence-electron chi connectivity index (χ4n) is 2.31. The quantitative estimate of drug-likeness (QED) is 0.824. The summed E-state index contributed by atoms with van der Waals surface area (Å²) in [6.07, 6.45) is 3.41. The Morgan fingerprint density at radius 2 is 2.32 bits per heavy atom. The van der Waals surface area contributed by atoms with Crippen LogP contribution >= 0.6 is 0 Å². The molecule has 0 bridgehead atoms. The highest BCUT2D eigenvalue weighted by Crippen LogP contribution is 2.11. The van der Waals surface area contributed by atoms with Gasteiger partial charge in [0.25, 0.3) is 5.91 Å². The minimum atomic E-state index is -0.100. The van der Waals surface area contributed by atoms with Crippen LogP contribution in [0, 0.1) is 18.3 Å². The predicted molar refractivity (Wildman–Crippen MR) is 71.5 cm³/mol. The fourth-order valence-corrected chi connectivity index (χ4v) is 2.31. The summed E-state index contributed by atoms with van der Waals surface area (Å²) in [5, 5.41) is 11.7. The second kappa shape index (κ2) is 6.30. The van der Waals surface area contributed by atoms with Gasteiger partial charge in [-0.15, -0.1) is 0 Å². The minimum Gasteiger partial charge on any atom is -0.348 e. The van der Waals surface area contributed by atoms with Crippen molar-refractivity contribution < 1.29 is 4.79 Å². The van der Waals surface area contributed by atoms with Gasteiger partial charge in [-0.05, 0) is 31.4 Å². The van der Waals surface area contributed by atoms with Crippen molar-refractivity contribution in [3.05, 3.63) is 29.6 Å². The smallest absolute Gasteiger partial charge is 0.270 e. The number of nitrogens with zero attached hydrogens (tertiary/aromatic N) is 3. The van der Waals surface area contributed by atoms with E-state index in [0.29, 0.717) is 12.2 Å². The third kappa shape index (κ3) is 3.52. The van der Waals surface area contributed by atoms with Gasteiger partial charge in [0, 0.05) is 25.3 Å². The van der Waals surface area contributed by atoms with Crippen LogP contribution in [-0.4, -0.2) is 41.5 Å². The molecular formula is C14H18N4O. The van der Waals surface area contributed by atoms with Gasteiger partial charge in [-0.3, -0.25) is 14.7 Å².